The van der Waals surface area contributed by atoms with Gasteiger partial charge in [-0.25, -0.2) is 4.98 Å². The van der Waals surface area contributed by atoms with E-state index in [1.807, 2.05) is 0 Å². The van der Waals surface area contributed by atoms with Crippen LogP contribution < -0.4 is 25.2 Å². The molecule has 2 aliphatic heterocycles. The van der Waals surface area contributed by atoms with Gasteiger partial charge in [0.05, 0.1) is 19.0 Å². The number of nitrogens with zero attached hydrogens (tertiary/aromatic N) is 5. The van der Waals surface area contributed by atoms with Gasteiger partial charge in [-0.05, 0) is 64.0 Å². The molecule has 10 nitrogen and oxygen atoms in total. The summed E-state index contributed by atoms with van der Waals surface area (Å²) in [6, 6.07) is 5.89. The minimum atomic E-state index is -0.101. The van der Waals surface area contributed by atoms with E-state index >= 15 is 0 Å². The Morgan fingerprint density at radius 3 is 2.57 bits per heavy atom. The van der Waals surface area contributed by atoms with E-state index in [9.17, 15) is 9.59 Å². The molecule has 1 aromatic carbocycles. The average Bonchev–Trinajstić information content (AvgIpc) is 3.41. The van der Waals surface area contributed by atoms with Gasteiger partial charge in [0.1, 0.15) is 11.4 Å². The summed E-state index contributed by atoms with van der Waals surface area (Å²) < 4.78 is 5.56. The third-order valence-corrected chi connectivity index (χ3v) is 7.85. The fourth-order valence-corrected chi connectivity index (χ4v) is 5.56. The molecule has 198 valence electrons. The first-order valence-corrected chi connectivity index (χ1v) is 13.3. The van der Waals surface area contributed by atoms with Crippen LogP contribution >= 0.6 is 0 Å². The van der Waals surface area contributed by atoms with Crippen LogP contribution in [0.4, 0.5) is 23.1 Å². The van der Waals surface area contributed by atoms with Gasteiger partial charge in [-0.2, -0.15) is 4.98 Å². The highest BCUT2D eigenvalue weighted by Crippen LogP contribution is 2.37. The molecule has 0 radical (unpaired) electrons. The van der Waals surface area contributed by atoms with Gasteiger partial charge < -0.3 is 30.1 Å². The van der Waals surface area contributed by atoms with Gasteiger partial charge in [-0.15, -0.1) is 0 Å². The molecule has 1 saturated carbocycles. The maximum Gasteiger partial charge on any atom is 0.251 e. The summed E-state index contributed by atoms with van der Waals surface area (Å²) in [4.78, 5) is 41.3. The number of amides is 2. The Labute approximate surface area is 218 Å². The van der Waals surface area contributed by atoms with Crippen molar-refractivity contribution < 1.29 is 14.3 Å². The summed E-state index contributed by atoms with van der Waals surface area (Å²) in [5.41, 5.74) is 1.89. The van der Waals surface area contributed by atoms with Gasteiger partial charge in [-0.3, -0.25) is 9.59 Å². The van der Waals surface area contributed by atoms with E-state index < -0.39 is 0 Å². The van der Waals surface area contributed by atoms with Crippen molar-refractivity contribution in [3.8, 4) is 5.75 Å². The van der Waals surface area contributed by atoms with Crippen LogP contribution in [0.1, 0.15) is 55.3 Å². The lowest BCUT2D eigenvalue weighted by Gasteiger charge is -2.30. The smallest absolute Gasteiger partial charge is 0.251 e. The highest BCUT2D eigenvalue weighted by atomic mass is 16.5. The molecule has 37 heavy (non-hydrogen) atoms. The lowest BCUT2D eigenvalue weighted by molar-refractivity contribution is -0.118. The number of anilines is 4. The first kappa shape index (κ1) is 25.3. The number of carbonyl (C=O) groups is 2. The summed E-state index contributed by atoms with van der Waals surface area (Å²) >= 11 is 0. The topological polar surface area (TPSA) is 103 Å². The summed E-state index contributed by atoms with van der Waals surface area (Å²) in [5.74, 6) is 1.73. The number of benzene rings is 1. The zero-order valence-electron chi connectivity index (χ0n) is 22.0. The van der Waals surface area contributed by atoms with E-state index in [0.717, 1.165) is 50.3 Å². The van der Waals surface area contributed by atoms with Crippen LogP contribution in [0.3, 0.4) is 0 Å². The molecule has 0 spiro atoms. The number of rotatable bonds is 6. The van der Waals surface area contributed by atoms with E-state index in [1.54, 1.807) is 43.5 Å². The summed E-state index contributed by atoms with van der Waals surface area (Å²) in [7, 11) is 5.48. The molecular weight excluding hydrogens is 470 g/mol. The Balaban J connectivity index is 1.40. The van der Waals surface area contributed by atoms with Crippen molar-refractivity contribution in [2.24, 2.45) is 0 Å². The fourth-order valence-electron chi connectivity index (χ4n) is 5.56. The second-order valence-corrected chi connectivity index (χ2v) is 10.3. The Bertz CT molecular complexity index is 1140. The van der Waals surface area contributed by atoms with Crippen LogP contribution in [0.2, 0.25) is 0 Å². The van der Waals surface area contributed by atoms with Crippen molar-refractivity contribution in [1.29, 1.82) is 0 Å². The van der Waals surface area contributed by atoms with E-state index in [4.69, 9.17) is 9.72 Å². The zero-order chi connectivity index (χ0) is 25.9. The molecule has 0 unspecified atom stereocenters. The molecule has 3 aliphatic rings. The van der Waals surface area contributed by atoms with Crippen molar-refractivity contribution in [3.63, 3.8) is 0 Å². The second kappa shape index (κ2) is 10.9. The number of likely N-dealkylation sites (tertiary alicyclic amines) is 1. The number of aromatic nitrogens is 2. The first-order valence-electron chi connectivity index (χ1n) is 13.3. The zero-order valence-corrected chi connectivity index (χ0v) is 22.0. The second-order valence-electron chi connectivity index (χ2n) is 10.3. The van der Waals surface area contributed by atoms with Crippen molar-refractivity contribution in [3.05, 3.63) is 30.0 Å². The van der Waals surface area contributed by atoms with Crippen LogP contribution in [0.5, 0.6) is 5.75 Å². The van der Waals surface area contributed by atoms with Gasteiger partial charge in [0.15, 0.2) is 5.82 Å². The summed E-state index contributed by atoms with van der Waals surface area (Å²) in [5, 5.41) is 6.44. The Kier molecular flexibility index (Phi) is 7.45. The molecule has 2 fully saturated rings. The molecule has 1 saturated heterocycles. The molecule has 0 atom stereocenters. The molecule has 1 aliphatic carbocycles. The molecule has 3 heterocycles. The molecule has 2 aromatic rings. The molecule has 2 amide bonds. The van der Waals surface area contributed by atoms with Gasteiger partial charge in [0, 0.05) is 37.7 Å². The van der Waals surface area contributed by atoms with E-state index in [-0.39, 0.29) is 17.9 Å². The number of methoxy groups -OCH3 is 1. The van der Waals surface area contributed by atoms with E-state index in [2.05, 4.69) is 32.5 Å². The number of ether oxygens (including phenoxy) is 1. The molecule has 1 aromatic heterocycles. The number of hydrogen-bond acceptors (Lipinski definition) is 8. The molecule has 5 rings (SSSR count). The maximum atomic E-state index is 13.0. The average molecular weight is 508 g/mol. The number of carbonyl (C=O) groups excluding carboxylic acids is 2. The monoisotopic (exact) mass is 507 g/mol. The quantitative estimate of drug-likeness (QED) is 0.615. The lowest BCUT2D eigenvalue weighted by Crippen LogP contribution is -2.43. The number of hydrogen-bond donors (Lipinski definition) is 2. The Hall–Kier alpha value is -3.40. The standard InChI is InChI=1S/C27H37N7O3/c1-32-13-10-19(11-14-32)29-26(36)18-8-9-23(37-3)21(16-18)30-27-28-17-22-25(31-27)34(20-6-4-5-7-20)15-12-24(35)33(22)2/h8-9,16-17,19-20H,4-7,10-15H2,1-3H3,(H,29,36)(H,28,30,31). The van der Waals surface area contributed by atoms with Crippen LogP contribution in [0.15, 0.2) is 24.4 Å². The molecule has 2 N–H and O–H groups in total. The highest BCUT2D eigenvalue weighted by Gasteiger charge is 2.32. The largest absolute Gasteiger partial charge is 0.495 e. The molecule has 0 bridgehead atoms. The van der Waals surface area contributed by atoms with Crippen molar-refractivity contribution >= 4 is 35.0 Å². The highest BCUT2D eigenvalue weighted by molar-refractivity contribution is 5.98. The Morgan fingerprint density at radius 2 is 1.84 bits per heavy atom. The third kappa shape index (κ3) is 5.49. The van der Waals surface area contributed by atoms with Crippen LogP contribution in [0, 0.1) is 0 Å². The molecular formula is C27H37N7O3. The van der Waals surface area contributed by atoms with Crippen molar-refractivity contribution in [2.45, 2.75) is 57.0 Å². The van der Waals surface area contributed by atoms with Gasteiger partial charge in [-0.1, -0.05) is 12.8 Å². The van der Waals surface area contributed by atoms with Gasteiger partial charge in [0.2, 0.25) is 11.9 Å². The van der Waals surface area contributed by atoms with Crippen LogP contribution in [-0.4, -0.2) is 79.6 Å². The van der Waals surface area contributed by atoms with E-state index in [1.165, 1.54) is 12.8 Å². The van der Waals surface area contributed by atoms with Crippen LogP contribution in [-0.2, 0) is 4.79 Å². The summed E-state index contributed by atoms with van der Waals surface area (Å²) in [6.07, 6.45) is 8.65. The maximum absolute atomic E-state index is 13.0. The predicted octanol–water partition coefficient (Wildman–Crippen LogP) is 3.17. The van der Waals surface area contributed by atoms with Gasteiger partial charge in [0.25, 0.3) is 5.91 Å². The van der Waals surface area contributed by atoms with Gasteiger partial charge >= 0.3 is 0 Å². The first-order chi connectivity index (χ1) is 17.9. The number of nitrogens with one attached hydrogen (secondary N) is 2. The van der Waals surface area contributed by atoms with Crippen molar-refractivity contribution in [1.82, 2.24) is 20.2 Å². The lowest BCUT2D eigenvalue weighted by atomic mass is 10.0. The van der Waals surface area contributed by atoms with Crippen molar-refractivity contribution in [2.75, 3.05) is 56.0 Å². The predicted molar refractivity (Wildman–Crippen MR) is 144 cm³/mol. The van der Waals surface area contributed by atoms with Crippen LogP contribution in [0.25, 0.3) is 0 Å². The SMILES string of the molecule is COc1ccc(C(=O)NC2CCN(C)CC2)cc1Nc1ncc2c(n1)N(C1CCCC1)CCC(=O)N2C. The summed E-state index contributed by atoms with van der Waals surface area (Å²) in [6.45, 7) is 2.61. The third-order valence-electron chi connectivity index (χ3n) is 7.85. The number of piperidine rings is 1. The number of fused-ring (bicyclic) bond motifs is 1. The fraction of sp³-hybridized carbons (Fsp3) is 0.556. The molecule has 10 heteroatoms. The minimum absolute atomic E-state index is 0.0658. The van der Waals surface area contributed by atoms with E-state index in [0.29, 0.717) is 42.0 Å². The Morgan fingerprint density at radius 1 is 1.08 bits per heavy atom. The normalized spacial score (nSPS) is 19.5. The minimum Gasteiger partial charge on any atom is -0.495 e.